The summed E-state index contributed by atoms with van der Waals surface area (Å²) in [5.74, 6) is -3.32. The minimum Gasteiger partial charge on any atom is -0.434 e. The molecule has 5 atom stereocenters. The van der Waals surface area contributed by atoms with Crippen LogP contribution in [0.5, 0.6) is 0 Å². The van der Waals surface area contributed by atoms with Gasteiger partial charge in [0.05, 0.1) is 44.1 Å². The van der Waals surface area contributed by atoms with Crippen LogP contribution in [0.4, 0.5) is 4.79 Å². The van der Waals surface area contributed by atoms with Crippen LogP contribution in [0.3, 0.4) is 0 Å². The number of carbonyl (C=O) groups excluding carboxylic acids is 6. The fourth-order valence-electron chi connectivity index (χ4n) is 8.02. The highest BCUT2D eigenvalue weighted by atomic mass is 127. The van der Waals surface area contributed by atoms with Crippen molar-refractivity contribution in [2.75, 3.05) is 43.9 Å². The SMILES string of the molecule is CC(C)C[C@H](NC(=O)[C@H](CCc1ccccc1)CC(=O)CN1CCOCC1)C(=O)C[C@@H](Cc1ccccc1)C(=O)N[C@@H](CC(C)C)C(=O)[C@@](C)(CI)OC(=O)OCCCCc1cn(C)nn1. The van der Waals surface area contributed by atoms with Crippen LogP contribution in [0.2, 0.25) is 0 Å². The van der Waals surface area contributed by atoms with E-state index in [1.54, 1.807) is 11.7 Å². The Labute approximate surface area is 404 Å². The van der Waals surface area contributed by atoms with E-state index in [4.69, 9.17) is 14.2 Å². The Hall–Kier alpha value is -4.55. The first-order chi connectivity index (χ1) is 31.5. The van der Waals surface area contributed by atoms with Crippen LogP contribution in [0, 0.1) is 23.7 Å². The van der Waals surface area contributed by atoms with Gasteiger partial charge in [0, 0.05) is 55.4 Å². The number of hydrogen-bond acceptors (Lipinski definition) is 12. The molecule has 0 saturated carbocycles. The zero-order valence-electron chi connectivity index (χ0n) is 39.7. The first-order valence-corrected chi connectivity index (χ1v) is 24.9. The first kappa shape index (κ1) is 54.1. The number of nitrogens with zero attached hydrogens (tertiary/aromatic N) is 4. The third-order valence-corrected chi connectivity index (χ3v) is 13.1. The fourth-order valence-corrected chi connectivity index (χ4v) is 8.56. The molecular weight excluding hydrogens is 955 g/mol. The second-order valence-corrected chi connectivity index (χ2v) is 19.3. The summed E-state index contributed by atoms with van der Waals surface area (Å²) in [5.41, 5.74) is 1.08. The van der Waals surface area contributed by atoms with Gasteiger partial charge in [0.1, 0.15) is 5.78 Å². The summed E-state index contributed by atoms with van der Waals surface area (Å²) in [4.78, 5) is 86.1. The number of benzene rings is 2. The number of ether oxygens (including phenoxy) is 3. The van der Waals surface area contributed by atoms with Crippen molar-refractivity contribution in [1.82, 2.24) is 30.5 Å². The lowest BCUT2D eigenvalue weighted by Crippen LogP contribution is -2.55. The van der Waals surface area contributed by atoms with Crippen molar-refractivity contribution in [1.29, 1.82) is 0 Å². The molecule has 0 spiro atoms. The number of unbranched alkanes of at least 4 members (excludes halogenated alkanes) is 1. The van der Waals surface area contributed by atoms with Crippen molar-refractivity contribution in [3.63, 3.8) is 0 Å². The number of rotatable bonds is 29. The molecule has 0 unspecified atom stereocenters. The number of hydrogen-bond donors (Lipinski definition) is 2. The van der Waals surface area contributed by atoms with Gasteiger partial charge in [-0.3, -0.25) is 33.6 Å². The van der Waals surface area contributed by atoms with Gasteiger partial charge < -0.3 is 24.8 Å². The van der Waals surface area contributed by atoms with Crippen LogP contribution in [-0.4, -0.2) is 117 Å². The van der Waals surface area contributed by atoms with Gasteiger partial charge in [-0.05, 0) is 81.3 Å². The predicted octanol–water partition coefficient (Wildman–Crippen LogP) is 6.47. The Morgan fingerprint density at radius 3 is 2.02 bits per heavy atom. The Balaban J connectivity index is 1.49. The summed E-state index contributed by atoms with van der Waals surface area (Å²) in [6.45, 7) is 12.0. The van der Waals surface area contributed by atoms with Gasteiger partial charge in [-0.2, -0.15) is 0 Å². The second-order valence-electron chi connectivity index (χ2n) is 18.6. The monoisotopic (exact) mass is 1030 g/mol. The van der Waals surface area contributed by atoms with Gasteiger partial charge >= 0.3 is 6.16 Å². The van der Waals surface area contributed by atoms with E-state index in [0.29, 0.717) is 64.8 Å². The van der Waals surface area contributed by atoms with E-state index in [1.165, 1.54) is 6.92 Å². The number of nitrogens with one attached hydrogen (secondary N) is 2. The molecule has 16 heteroatoms. The molecule has 2 N–H and O–H groups in total. The first-order valence-electron chi connectivity index (χ1n) is 23.4. The van der Waals surface area contributed by atoms with E-state index in [9.17, 15) is 28.8 Å². The van der Waals surface area contributed by atoms with Gasteiger partial charge in [0.2, 0.25) is 11.8 Å². The summed E-state index contributed by atoms with van der Waals surface area (Å²) in [6, 6.07) is 17.2. The van der Waals surface area contributed by atoms with Gasteiger partial charge in [-0.1, -0.05) is 116 Å². The normalized spacial score (nSPS) is 15.8. The van der Waals surface area contributed by atoms with Crippen molar-refractivity contribution in [2.24, 2.45) is 30.7 Å². The lowest BCUT2D eigenvalue weighted by Gasteiger charge is -2.32. The van der Waals surface area contributed by atoms with Gasteiger partial charge in [0.25, 0.3) is 0 Å². The minimum atomic E-state index is -1.62. The second kappa shape index (κ2) is 27.9. The van der Waals surface area contributed by atoms with Crippen LogP contribution in [0.15, 0.2) is 66.9 Å². The summed E-state index contributed by atoms with van der Waals surface area (Å²) < 4.78 is 18.2. The Morgan fingerprint density at radius 1 is 0.803 bits per heavy atom. The molecule has 1 fully saturated rings. The van der Waals surface area contributed by atoms with Crippen molar-refractivity contribution in [3.8, 4) is 0 Å². The van der Waals surface area contributed by atoms with Crippen LogP contribution in [0.1, 0.15) is 96.4 Å². The number of Topliss-reactive ketones (excluding diaryl/α,β-unsaturated/α-hetero) is 3. The lowest BCUT2D eigenvalue weighted by atomic mass is 9.87. The summed E-state index contributed by atoms with van der Waals surface area (Å²) in [5, 5.41) is 14.0. The number of alkyl halides is 1. The lowest BCUT2D eigenvalue weighted by molar-refractivity contribution is -0.142. The number of amides is 2. The number of aromatic nitrogens is 3. The Morgan fingerprint density at radius 2 is 1.41 bits per heavy atom. The summed E-state index contributed by atoms with van der Waals surface area (Å²) in [6.07, 6.45) is 4.38. The molecule has 0 aliphatic carbocycles. The van der Waals surface area contributed by atoms with Crippen LogP contribution in [0.25, 0.3) is 0 Å². The van der Waals surface area contributed by atoms with Crippen LogP contribution < -0.4 is 10.6 Å². The van der Waals surface area contributed by atoms with Crippen molar-refractivity contribution in [3.05, 3.63) is 83.7 Å². The van der Waals surface area contributed by atoms with Crippen molar-refractivity contribution >= 4 is 57.9 Å². The Bertz CT molecular complexity index is 1990. The van der Waals surface area contributed by atoms with Crippen LogP contribution >= 0.6 is 22.6 Å². The fraction of sp³-hybridized carbons (Fsp3) is 0.600. The number of carbonyl (C=O) groups is 6. The Kier molecular flexibility index (Phi) is 22.9. The van der Waals surface area contributed by atoms with Crippen LogP contribution in [-0.2, 0) is 64.5 Å². The largest absolute Gasteiger partial charge is 0.509 e. The topological polar surface area (TPSA) is 188 Å². The number of halogens is 1. The molecule has 1 aliphatic rings. The highest BCUT2D eigenvalue weighted by Gasteiger charge is 2.43. The number of morpholine rings is 1. The van der Waals surface area contributed by atoms with E-state index >= 15 is 0 Å². The summed E-state index contributed by atoms with van der Waals surface area (Å²) in [7, 11) is 1.79. The maximum Gasteiger partial charge on any atom is 0.509 e. The highest BCUT2D eigenvalue weighted by Crippen LogP contribution is 2.24. The molecule has 66 heavy (non-hydrogen) atoms. The molecule has 1 aliphatic heterocycles. The molecule has 1 aromatic heterocycles. The van der Waals surface area contributed by atoms with E-state index in [2.05, 4.69) is 20.9 Å². The molecule has 4 rings (SSSR count). The van der Waals surface area contributed by atoms with E-state index in [1.807, 2.05) is 122 Å². The maximum atomic E-state index is 14.5. The van der Waals surface area contributed by atoms with Gasteiger partial charge in [-0.25, -0.2) is 4.79 Å². The predicted molar refractivity (Wildman–Crippen MR) is 260 cm³/mol. The number of ketones is 3. The van der Waals surface area contributed by atoms with Gasteiger partial charge in [-0.15, -0.1) is 5.10 Å². The zero-order valence-corrected chi connectivity index (χ0v) is 41.8. The average Bonchev–Trinajstić information content (AvgIpc) is 3.71. The molecule has 3 aromatic rings. The minimum absolute atomic E-state index is 0.0150. The average molecular weight is 1030 g/mol. The highest BCUT2D eigenvalue weighted by molar-refractivity contribution is 14.1. The molecule has 1 saturated heterocycles. The van der Waals surface area contributed by atoms with Crippen molar-refractivity contribution in [2.45, 2.75) is 117 Å². The molecule has 0 radical (unpaired) electrons. The van der Waals surface area contributed by atoms with E-state index in [0.717, 1.165) is 16.8 Å². The number of aryl methyl sites for hydroxylation is 3. The van der Waals surface area contributed by atoms with Gasteiger partial charge in [0.15, 0.2) is 17.2 Å². The molecule has 2 aromatic carbocycles. The maximum absolute atomic E-state index is 14.5. The zero-order chi connectivity index (χ0) is 48.1. The molecule has 15 nitrogen and oxygen atoms in total. The quantitative estimate of drug-likeness (QED) is 0.0334. The standard InChI is InChI=1S/C50H71IN6O9/c1-35(2)27-43(52-47(61)39(21-20-37-15-9-7-10-16-37)30-42(58)33-57-22-25-64-26-23-57)45(59)31-40(29-38-17-11-8-12-18-38)48(62)53-44(28-36(3)4)46(60)50(5,34-51)66-49(63)65-24-14-13-19-41-32-56(6)55-54-41/h7-12,15-18,32,35-36,39-40,43-44H,13-14,19-31,33-34H2,1-6H3,(H,52,61)(H,53,62)/t39-,40-,43+,44+,50-/m1/s1. The molecular formula is C50H71IN6O9. The van der Waals surface area contributed by atoms with E-state index in [-0.39, 0.29) is 72.6 Å². The summed E-state index contributed by atoms with van der Waals surface area (Å²) >= 11 is 1.99. The molecule has 362 valence electrons. The third-order valence-electron chi connectivity index (χ3n) is 11.7. The smallest absolute Gasteiger partial charge is 0.434 e. The van der Waals surface area contributed by atoms with Crippen molar-refractivity contribution < 1.29 is 43.0 Å². The molecule has 0 bridgehead atoms. The van der Waals surface area contributed by atoms with E-state index < -0.39 is 47.4 Å². The molecule has 2 amide bonds. The molecule has 2 heterocycles. The third kappa shape index (κ3) is 19.0.